The van der Waals surface area contributed by atoms with Crippen LogP contribution in [0.4, 0.5) is 0 Å². The zero-order valence-electron chi connectivity index (χ0n) is 18.2. The second-order valence-corrected chi connectivity index (χ2v) is 6.19. The lowest BCUT2D eigenvalue weighted by Gasteiger charge is -2.25. The number of fused-ring (bicyclic) bond motifs is 4. The third kappa shape index (κ3) is 13.9. The fraction of sp³-hybridized carbons (Fsp3) is 0.304. The van der Waals surface area contributed by atoms with Crippen LogP contribution in [0.3, 0.4) is 0 Å². The Labute approximate surface area is 191 Å². The van der Waals surface area contributed by atoms with Crippen LogP contribution in [0.2, 0.25) is 0 Å². The van der Waals surface area contributed by atoms with Crippen molar-refractivity contribution in [3.63, 3.8) is 0 Å². The van der Waals surface area contributed by atoms with Crippen molar-refractivity contribution in [2.75, 3.05) is 13.2 Å². The molecule has 0 saturated carbocycles. The molecule has 1 aliphatic rings. The molecule has 0 spiro atoms. The van der Waals surface area contributed by atoms with Crippen molar-refractivity contribution in [2.45, 2.75) is 32.6 Å². The van der Waals surface area contributed by atoms with Gasteiger partial charge in [0.05, 0.1) is 13.2 Å². The molecule has 1 aliphatic carbocycles. The molecule has 3 rings (SSSR count). The second-order valence-electron chi connectivity index (χ2n) is 6.19. The zero-order chi connectivity index (χ0) is 25.6. The highest BCUT2D eigenvalue weighted by atomic mass is 16.4. The second kappa shape index (κ2) is 20.0. The zero-order valence-corrected chi connectivity index (χ0v) is 18.2. The third-order valence-corrected chi connectivity index (χ3v) is 3.89. The van der Waals surface area contributed by atoms with Crippen molar-refractivity contribution in [3.05, 3.63) is 48.0 Å². The molecule has 0 heterocycles. The summed E-state index contributed by atoms with van der Waals surface area (Å²) in [6.45, 7) is 1.93. The standard InChI is InChI=1S/C13H10.C6H10O4.C2H6O2.2CHNO/c1-9-5-4-8-12-10-6-2-3-7-11(10)13(9)12;7-5(8)3-1-2-4-6(9)10;3-1-2-4;2*2-1-3/h2-8H,1H3;1-4H2,(H,7,8)(H,9,10);3-4H,1-2H2;2*2H. The number of rotatable bonds is 6. The maximum Gasteiger partial charge on any atom is 0.303 e. The number of hydrogen-bond acceptors (Lipinski definition) is 8. The molecule has 0 unspecified atom stereocenters. The van der Waals surface area contributed by atoms with Crippen molar-refractivity contribution in [1.82, 2.24) is 0 Å². The third-order valence-electron chi connectivity index (χ3n) is 3.89. The number of aryl methyl sites for hydroxylation is 1. The number of aliphatic hydroxyl groups excluding tert-OH is 2. The van der Waals surface area contributed by atoms with E-state index in [0.29, 0.717) is 12.8 Å². The molecule has 10 heteroatoms. The molecule has 0 aromatic heterocycles. The van der Waals surface area contributed by atoms with Gasteiger partial charge in [-0.1, -0.05) is 42.5 Å². The molecule has 33 heavy (non-hydrogen) atoms. The van der Waals surface area contributed by atoms with Gasteiger partial charge in [0.25, 0.3) is 0 Å². The highest BCUT2D eigenvalue weighted by molar-refractivity contribution is 6.03. The van der Waals surface area contributed by atoms with Gasteiger partial charge in [-0.05, 0) is 47.6 Å². The number of aliphatic hydroxyl groups is 2. The molecule has 10 nitrogen and oxygen atoms in total. The maximum atomic E-state index is 9.90. The van der Waals surface area contributed by atoms with Crippen LogP contribution in [0.1, 0.15) is 31.2 Å². The Hall–Kier alpha value is -3.94. The van der Waals surface area contributed by atoms with E-state index in [9.17, 15) is 9.59 Å². The van der Waals surface area contributed by atoms with Gasteiger partial charge in [0.15, 0.2) is 0 Å². The van der Waals surface area contributed by atoms with Crippen LogP contribution in [0, 0.1) is 17.7 Å². The summed E-state index contributed by atoms with van der Waals surface area (Å²) < 4.78 is 0. The lowest BCUT2D eigenvalue weighted by Crippen LogP contribution is -1.99. The van der Waals surface area contributed by atoms with Gasteiger partial charge in [-0.3, -0.25) is 9.59 Å². The van der Waals surface area contributed by atoms with E-state index in [0.717, 1.165) is 12.2 Å². The largest absolute Gasteiger partial charge is 0.481 e. The number of unbranched alkanes of at least 4 members (excludes halogenated alkanes) is 1. The van der Waals surface area contributed by atoms with E-state index in [1.54, 1.807) is 0 Å². The monoisotopic (exact) mass is 460 g/mol. The first-order valence-electron chi connectivity index (χ1n) is 9.67. The highest BCUT2D eigenvalue weighted by Crippen LogP contribution is 2.48. The summed E-state index contributed by atoms with van der Waals surface area (Å²) in [5.41, 5.74) is 7.06. The minimum absolute atomic E-state index is 0.0628. The van der Waals surface area contributed by atoms with Gasteiger partial charge in [0.1, 0.15) is 0 Å². The number of carboxylic acid groups (broad SMARTS) is 2. The van der Waals surface area contributed by atoms with E-state index in [1.807, 2.05) is 0 Å². The molecule has 0 aliphatic heterocycles. The molecule has 0 fully saturated rings. The fourth-order valence-electron chi connectivity index (χ4n) is 2.68. The first-order valence-corrected chi connectivity index (χ1v) is 9.67. The molecule has 0 bridgehead atoms. The predicted molar refractivity (Wildman–Crippen MR) is 120 cm³/mol. The molecular weight excluding hydrogens is 432 g/mol. The number of benzene rings is 2. The van der Waals surface area contributed by atoms with Crippen LogP contribution in [0.5, 0.6) is 0 Å². The normalized spacial score (nSPS) is 8.70. The highest BCUT2D eigenvalue weighted by Gasteiger charge is 2.22. The van der Waals surface area contributed by atoms with Crippen molar-refractivity contribution < 1.29 is 39.6 Å². The Morgan fingerprint density at radius 3 is 1.55 bits per heavy atom. The fourth-order valence-corrected chi connectivity index (χ4v) is 2.68. The van der Waals surface area contributed by atoms with Crippen molar-refractivity contribution >= 4 is 24.1 Å². The molecule has 6 N–H and O–H groups in total. The lowest BCUT2D eigenvalue weighted by molar-refractivity contribution is -0.139. The Bertz CT molecular complexity index is 902. The first-order chi connectivity index (χ1) is 15.7. The summed E-state index contributed by atoms with van der Waals surface area (Å²) in [6.07, 6.45) is 2.52. The topological polar surface area (TPSA) is 197 Å². The lowest BCUT2D eigenvalue weighted by atomic mass is 9.78. The van der Waals surface area contributed by atoms with Crippen LogP contribution in [0.15, 0.2) is 42.5 Å². The number of aliphatic carboxylic acids is 2. The predicted octanol–water partition coefficient (Wildman–Crippen LogP) is 3.13. The van der Waals surface area contributed by atoms with Gasteiger partial charge in [-0.2, -0.15) is 0 Å². The van der Waals surface area contributed by atoms with Crippen LogP contribution in [-0.4, -0.2) is 57.7 Å². The van der Waals surface area contributed by atoms with E-state index < -0.39 is 11.9 Å². The quantitative estimate of drug-likeness (QED) is 0.183. The number of carbonyl (C=O) groups excluding carboxylic acids is 2. The molecule has 2 aromatic carbocycles. The van der Waals surface area contributed by atoms with Gasteiger partial charge in [-0.25, -0.2) is 20.4 Å². The summed E-state index contributed by atoms with van der Waals surface area (Å²) in [7, 11) is 0. The van der Waals surface area contributed by atoms with Gasteiger partial charge < -0.3 is 20.4 Å². The minimum Gasteiger partial charge on any atom is -0.481 e. The summed E-state index contributed by atoms with van der Waals surface area (Å²) in [4.78, 5) is 36.5. The van der Waals surface area contributed by atoms with E-state index in [4.69, 9.17) is 40.8 Å². The molecular formula is C23H28N2O8. The minimum atomic E-state index is -0.870. The molecule has 2 aromatic rings. The smallest absolute Gasteiger partial charge is 0.303 e. The number of nitrogens with one attached hydrogen (secondary N) is 2. The Kier molecular flexibility index (Phi) is 18.9. The van der Waals surface area contributed by atoms with E-state index in [1.165, 1.54) is 27.8 Å². The van der Waals surface area contributed by atoms with Gasteiger partial charge >= 0.3 is 11.9 Å². The average molecular weight is 460 g/mol. The van der Waals surface area contributed by atoms with Crippen molar-refractivity contribution in [1.29, 1.82) is 10.8 Å². The number of isocyanates is 2. The van der Waals surface area contributed by atoms with Crippen LogP contribution in [-0.2, 0) is 19.2 Å². The summed E-state index contributed by atoms with van der Waals surface area (Å²) in [5.74, 6) is -1.74. The molecule has 178 valence electrons. The van der Waals surface area contributed by atoms with Crippen LogP contribution >= 0.6 is 0 Å². The molecule has 0 radical (unpaired) electrons. The van der Waals surface area contributed by atoms with E-state index >= 15 is 0 Å². The summed E-state index contributed by atoms with van der Waals surface area (Å²) in [6, 6.07) is 15.1. The van der Waals surface area contributed by atoms with Crippen LogP contribution < -0.4 is 0 Å². The van der Waals surface area contributed by atoms with E-state index in [-0.39, 0.29) is 26.1 Å². The number of hydrogen-bond donors (Lipinski definition) is 6. The molecule has 0 amide bonds. The molecule has 0 saturated heterocycles. The van der Waals surface area contributed by atoms with E-state index in [2.05, 4.69) is 49.4 Å². The first kappa shape index (κ1) is 31.2. The Morgan fingerprint density at radius 1 is 0.758 bits per heavy atom. The summed E-state index contributed by atoms with van der Waals surface area (Å²) >= 11 is 0. The summed E-state index contributed by atoms with van der Waals surface area (Å²) in [5, 5.41) is 42.3. The maximum absolute atomic E-state index is 9.90. The van der Waals surface area contributed by atoms with Gasteiger partial charge in [-0.15, -0.1) is 0 Å². The number of carboxylic acids is 2. The van der Waals surface area contributed by atoms with Crippen LogP contribution in [0.25, 0.3) is 22.3 Å². The van der Waals surface area contributed by atoms with Gasteiger partial charge in [0.2, 0.25) is 12.2 Å². The van der Waals surface area contributed by atoms with Gasteiger partial charge in [0, 0.05) is 12.8 Å². The van der Waals surface area contributed by atoms with Crippen molar-refractivity contribution in [3.8, 4) is 22.3 Å². The van der Waals surface area contributed by atoms with Crippen molar-refractivity contribution in [2.24, 2.45) is 0 Å². The number of carbonyl (C=O) groups is 2. The average Bonchev–Trinajstić information content (AvgIpc) is 2.76. The Balaban J connectivity index is 0. The Morgan fingerprint density at radius 2 is 1.15 bits per heavy atom. The molecule has 0 atom stereocenters. The SMILES string of the molecule is Cc1cccc2c1-c1ccccc1-2.N=C=O.N=C=O.O=C(O)CCCCC(=O)O.OCCO.